The fourth-order valence-electron chi connectivity index (χ4n) is 4.15. The van der Waals surface area contributed by atoms with Gasteiger partial charge in [0.2, 0.25) is 5.91 Å². The number of nitrogens with zero attached hydrogens (tertiary/aromatic N) is 2. The number of amides is 2. The molecular weight excluding hydrogens is 398 g/mol. The molecule has 1 atom stereocenters. The third-order valence-corrected chi connectivity index (χ3v) is 6.10. The molecule has 0 radical (unpaired) electrons. The molecule has 0 saturated carbocycles. The highest BCUT2D eigenvalue weighted by atomic mass is 16.2. The molecule has 1 heterocycles. The van der Waals surface area contributed by atoms with Crippen molar-refractivity contribution >= 4 is 11.8 Å². The van der Waals surface area contributed by atoms with E-state index in [-0.39, 0.29) is 23.9 Å². The van der Waals surface area contributed by atoms with Crippen LogP contribution in [-0.4, -0.2) is 53.8 Å². The zero-order chi connectivity index (χ0) is 22.3. The lowest BCUT2D eigenvalue weighted by molar-refractivity contribution is -0.126. The number of nitrogens with one attached hydrogen (secondary N) is 1. The second-order valence-electron chi connectivity index (χ2n) is 8.13. The predicted octanol–water partition coefficient (Wildman–Crippen LogP) is 3.74. The Kier molecular flexibility index (Phi) is 6.97. The minimum Gasteiger partial charge on any atom is -0.344 e. The van der Waals surface area contributed by atoms with E-state index in [0.29, 0.717) is 31.7 Å². The Labute approximate surface area is 189 Å². The van der Waals surface area contributed by atoms with Gasteiger partial charge < -0.3 is 10.2 Å². The Morgan fingerprint density at radius 3 is 1.69 bits per heavy atom. The zero-order valence-corrected chi connectivity index (χ0v) is 18.4. The zero-order valence-electron chi connectivity index (χ0n) is 18.4. The van der Waals surface area contributed by atoms with Crippen LogP contribution >= 0.6 is 0 Å². The van der Waals surface area contributed by atoms with Crippen LogP contribution in [0.3, 0.4) is 0 Å². The van der Waals surface area contributed by atoms with Gasteiger partial charge in [-0.25, -0.2) is 0 Å². The first kappa shape index (κ1) is 21.8. The molecule has 0 spiro atoms. The molecule has 1 N–H and O–H groups in total. The SMILES string of the molecule is C[C@@H](C(=O)NC(c1ccccc1)c1ccccc1)N1CCN(C(=O)c2ccccc2)CC1. The minimum atomic E-state index is -0.279. The number of benzene rings is 3. The van der Waals surface area contributed by atoms with Gasteiger partial charge in [-0.3, -0.25) is 14.5 Å². The summed E-state index contributed by atoms with van der Waals surface area (Å²) in [5.74, 6) is 0.0427. The average molecular weight is 428 g/mol. The van der Waals surface area contributed by atoms with Crippen LogP contribution in [0.5, 0.6) is 0 Å². The van der Waals surface area contributed by atoms with Crippen LogP contribution in [0.15, 0.2) is 91.0 Å². The van der Waals surface area contributed by atoms with Crippen molar-refractivity contribution in [1.29, 1.82) is 0 Å². The maximum atomic E-state index is 13.2. The van der Waals surface area contributed by atoms with Crippen molar-refractivity contribution in [3.63, 3.8) is 0 Å². The molecule has 1 fully saturated rings. The lowest BCUT2D eigenvalue weighted by atomic mass is 9.98. The summed E-state index contributed by atoms with van der Waals surface area (Å²) in [5, 5.41) is 3.25. The Morgan fingerprint density at radius 1 is 0.719 bits per heavy atom. The molecule has 0 aliphatic carbocycles. The van der Waals surface area contributed by atoms with E-state index in [4.69, 9.17) is 0 Å². The molecular formula is C27H29N3O2. The normalized spacial score (nSPS) is 15.4. The summed E-state index contributed by atoms with van der Waals surface area (Å²) in [6.07, 6.45) is 0. The highest BCUT2D eigenvalue weighted by Gasteiger charge is 2.29. The Balaban J connectivity index is 1.39. The summed E-state index contributed by atoms with van der Waals surface area (Å²) in [4.78, 5) is 29.9. The van der Waals surface area contributed by atoms with Crippen molar-refractivity contribution in [1.82, 2.24) is 15.1 Å². The molecule has 32 heavy (non-hydrogen) atoms. The first-order chi connectivity index (χ1) is 15.6. The molecule has 1 aliphatic heterocycles. The van der Waals surface area contributed by atoms with Gasteiger partial charge in [-0.15, -0.1) is 0 Å². The minimum absolute atomic E-state index is 0.00876. The monoisotopic (exact) mass is 427 g/mol. The average Bonchev–Trinajstić information content (AvgIpc) is 2.88. The summed E-state index contributed by atoms with van der Waals surface area (Å²) in [5.41, 5.74) is 2.82. The highest BCUT2D eigenvalue weighted by molar-refractivity contribution is 5.94. The van der Waals surface area contributed by atoms with Gasteiger partial charge in [-0.2, -0.15) is 0 Å². The fraction of sp³-hybridized carbons (Fsp3) is 0.259. The van der Waals surface area contributed by atoms with E-state index >= 15 is 0 Å². The lowest BCUT2D eigenvalue weighted by Gasteiger charge is -2.38. The summed E-state index contributed by atoms with van der Waals surface area (Å²) in [6, 6.07) is 29.0. The molecule has 1 aliphatic rings. The first-order valence-electron chi connectivity index (χ1n) is 11.1. The number of hydrogen-bond donors (Lipinski definition) is 1. The van der Waals surface area contributed by atoms with Gasteiger partial charge in [-0.1, -0.05) is 78.9 Å². The fourth-order valence-corrected chi connectivity index (χ4v) is 4.15. The molecule has 5 nitrogen and oxygen atoms in total. The molecule has 164 valence electrons. The van der Waals surface area contributed by atoms with Crippen molar-refractivity contribution < 1.29 is 9.59 Å². The van der Waals surface area contributed by atoms with E-state index < -0.39 is 0 Å². The smallest absolute Gasteiger partial charge is 0.253 e. The Morgan fingerprint density at radius 2 is 1.19 bits per heavy atom. The van der Waals surface area contributed by atoms with Crippen LogP contribution in [-0.2, 0) is 4.79 Å². The summed E-state index contributed by atoms with van der Waals surface area (Å²) in [6.45, 7) is 4.53. The molecule has 0 bridgehead atoms. The molecule has 4 rings (SSSR count). The van der Waals surface area contributed by atoms with E-state index in [2.05, 4.69) is 10.2 Å². The van der Waals surface area contributed by atoms with Crippen molar-refractivity contribution in [2.45, 2.75) is 19.0 Å². The van der Waals surface area contributed by atoms with Gasteiger partial charge >= 0.3 is 0 Å². The van der Waals surface area contributed by atoms with Gasteiger partial charge in [0, 0.05) is 31.7 Å². The predicted molar refractivity (Wildman–Crippen MR) is 126 cm³/mol. The van der Waals surface area contributed by atoms with Gasteiger partial charge in [0.15, 0.2) is 0 Å². The molecule has 5 heteroatoms. The van der Waals surface area contributed by atoms with Gasteiger partial charge in [0.1, 0.15) is 0 Å². The topological polar surface area (TPSA) is 52.7 Å². The number of piperazine rings is 1. The van der Waals surface area contributed by atoms with Crippen molar-refractivity contribution in [2.24, 2.45) is 0 Å². The Bertz CT molecular complexity index is 977. The molecule has 1 saturated heterocycles. The van der Waals surface area contributed by atoms with E-state index in [1.54, 1.807) is 0 Å². The van der Waals surface area contributed by atoms with Gasteiger partial charge in [0.25, 0.3) is 5.91 Å². The number of rotatable bonds is 6. The largest absolute Gasteiger partial charge is 0.344 e. The maximum absolute atomic E-state index is 13.2. The molecule has 3 aromatic rings. The van der Waals surface area contributed by atoms with Crippen molar-refractivity contribution in [3.8, 4) is 0 Å². The highest BCUT2D eigenvalue weighted by Crippen LogP contribution is 2.22. The van der Waals surface area contributed by atoms with E-state index in [0.717, 1.165) is 11.1 Å². The molecule has 3 aromatic carbocycles. The molecule has 0 aromatic heterocycles. The van der Waals surface area contributed by atoms with E-state index in [1.165, 1.54) is 0 Å². The lowest BCUT2D eigenvalue weighted by Crippen LogP contribution is -2.55. The van der Waals surface area contributed by atoms with Crippen LogP contribution in [0.25, 0.3) is 0 Å². The van der Waals surface area contributed by atoms with E-state index in [9.17, 15) is 9.59 Å². The summed E-state index contributed by atoms with van der Waals surface area (Å²) < 4.78 is 0. The number of carbonyl (C=O) groups is 2. The van der Waals surface area contributed by atoms with Crippen LogP contribution in [0, 0.1) is 0 Å². The standard InChI is InChI=1S/C27H29N3O2/c1-21(29-17-19-30(20-18-29)27(32)24-15-9-4-10-16-24)26(31)28-25(22-11-5-2-6-12-22)23-13-7-3-8-14-23/h2-16,21,25H,17-20H2,1H3,(H,28,31)/t21-/m0/s1. The van der Waals surface area contributed by atoms with Crippen LogP contribution in [0.1, 0.15) is 34.5 Å². The maximum Gasteiger partial charge on any atom is 0.253 e. The van der Waals surface area contributed by atoms with Crippen molar-refractivity contribution in [3.05, 3.63) is 108 Å². The van der Waals surface area contributed by atoms with Crippen LogP contribution in [0.4, 0.5) is 0 Å². The molecule has 2 amide bonds. The van der Waals surface area contributed by atoms with Gasteiger partial charge in [0.05, 0.1) is 12.1 Å². The third kappa shape index (κ3) is 5.06. The number of hydrogen-bond acceptors (Lipinski definition) is 3. The van der Waals surface area contributed by atoms with Crippen LogP contribution in [0.2, 0.25) is 0 Å². The van der Waals surface area contributed by atoms with Crippen LogP contribution < -0.4 is 5.32 Å². The van der Waals surface area contributed by atoms with Crippen molar-refractivity contribution in [2.75, 3.05) is 26.2 Å². The second kappa shape index (κ2) is 10.2. The number of carbonyl (C=O) groups excluding carboxylic acids is 2. The third-order valence-electron chi connectivity index (χ3n) is 6.10. The first-order valence-corrected chi connectivity index (χ1v) is 11.1. The second-order valence-corrected chi connectivity index (χ2v) is 8.13. The summed E-state index contributed by atoms with van der Waals surface area (Å²) >= 11 is 0. The molecule has 0 unspecified atom stereocenters. The summed E-state index contributed by atoms with van der Waals surface area (Å²) in [7, 11) is 0. The quantitative estimate of drug-likeness (QED) is 0.652. The van der Waals surface area contributed by atoms with E-state index in [1.807, 2.05) is 103 Å². The Hall–Kier alpha value is -3.44. The van der Waals surface area contributed by atoms with Gasteiger partial charge in [-0.05, 0) is 30.2 Å².